The summed E-state index contributed by atoms with van der Waals surface area (Å²) in [6.07, 6.45) is 2.60. The lowest BCUT2D eigenvalue weighted by Crippen LogP contribution is -2.41. The molecule has 1 aliphatic rings. The second kappa shape index (κ2) is 8.02. The van der Waals surface area contributed by atoms with Gasteiger partial charge in [0.2, 0.25) is 5.91 Å². The Labute approximate surface area is 138 Å². The molecule has 0 radical (unpaired) electrons. The van der Waals surface area contributed by atoms with Crippen LogP contribution in [0.5, 0.6) is 0 Å². The Morgan fingerprint density at radius 2 is 2.10 bits per heavy atom. The van der Waals surface area contributed by atoms with Crippen molar-refractivity contribution in [2.45, 2.75) is 32.1 Å². The smallest absolute Gasteiger partial charge is 0.233 e. The Hall–Kier alpha value is -0.770. The predicted octanol–water partition coefficient (Wildman–Crippen LogP) is 3.16. The van der Waals surface area contributed by atoms with Crippen molar-refractivity contribution in [2.24, 2.45) is 5.92 Å². The molecular weight excluding hydrogens is 307 g/mol. The second-order valence-corrected chi connectivity index (χ2v) is 6.68. The third kappa shape index (κ3) is 6.25. The van der Waals surface area contributed by atoms with Crippen LogP contribution in [0.15, 0.2) is 24.3 Å². The normalized spacial score (nSPS) is 14.4. The number of nitrogens with one attached hydrogen (secondary N) is 2. The highest BCUT2D eigenvalue weighted by Crippen LogP contribution is 2.27. The molecule has 0 unspecified atom stereocenters. The number of hydrogen-bond acceptors (Lipinski definition) is 2. The summed E-state index contributed by atoms with van der Waals surface area (Å²) in [7, 11) is 0. The maximum Gasteiger partial charge on any atom is 0.233 e. The van der Waals surface area contributed by atoms with Gasteiger partial charge in [0.1, 0.15) is 0 Å². The van der Waals surface area contributed by atoms with E-state index in [0.29, 0.717) is 13.1 Å². The van der Waals surface area contributed by atoms with E-state index in [1.54, 1.807) is 0 Å². The standard InChI is InChI=1S/C16H23ClN2O.ClH/c1-16(2,13-4-3-5-14(17)8-13)11-19-15(20)10-18-9-12-6-7-12;/h3-5,8,12,18H,6-7,9-11H2,1-2H3,(H,19,20);1H. The molecule has 0 spiro atoms. The summed E-state index contributed by atoms with van der Waals surface area (Å²) in [5.41, 5.74) is 1.01. The van der Waals surface area contributed by atoms with Gasteiger partial charge in [0.15, 0.2) is 0 Å². The summed E-state index contributed by atoms with van der Waals surface area (Å²) in [5, 5.41) is 6.92. The van der Waals surface area contributed by atoms with Crippen molar-refractivity contribution < 1.29 is 4.79 Å². The van der Waals surface area contributed by atoms with Crippen LogP contribution in [0.1, 0.15) is 32.3 Å². The number of hydrogen-bond donors (Lipinski definition) is 2. The van der Waals surface area contributed by atoms with Crippen molar-refractivity contribution in [3.8, 4) is 0 Å². The minimum Gasteiger partial charge on any atom is -0.354 e. The highest BCUT2D eigenvalue weighted by Gasteiger charge is 2.22. The zero-order valence-electron chi connectivity index (χ0n) is 12.6. The van der Waals surface area contributed by atoms with Crippen molar-refractivity contribution in [3.63, 3.8) is 0 Å². The number of amides is 1. The highest BCUT2D eigenvalue weighted by molar-refractivity contribution is 6.30. The van der Waals surface area contributed by atoms with E-state index in [1.165, 1.54) is 12.8 Å². The van der Waals surface area contributed by atoms with E-state index in [9.17, 15) is 4.79 Å². The van der Waals surface area contributed by atoms with Crippen LogP contribution in [0, 0.1) is 5.92 Å². The summed E-state index contributed by atoms with van der Waals surface area (Å²) in [4.78, 5) is 11.8. The quantitative estimate of drug-likeness (QED) is 0.806. The predicted molar refractivity (Wildman–Crippen MR) is 90.3 cm³/mol. The minimum atomic E-state index is -0.128. The summed E-state index contributed by atoms with van der Waals surface area (Å²) < 4.78 is 0. The Balaban J connectivity index is 0.00000220. The van der Waals surface area contributed by atoms with Gasteiger partial charge in [0, 0.05) is 17.0 Å². The first kappa shape index (κ1) is 18.3. The van der Waals surface area contributed by atoms with Gasteiger partial charge >= 0.3 is 0 Å². The molecular formula is C16H24Cl2N2O. The van der Waals surface area contributed by atoms with Gasteiger partial charge in [0.25, 0.3) is 0 Å². The molecule has 5 heteroatoms. The van der Waals surface area contributed by atoms with Crippen LogP contribution in [0.25, 0.3) is 0 Å². The van der Waals surface area contributed by atoms with Gasteiger partial charge in [-0.3, -0.25) is 4.79 Å². The first-order valence-electron chi connectivity index (χ1n) is 7.21. The third-order valence-corrected chi connectivity index (χ3v) is 3.98. The van der Waals surface area contributed by atoms with Crippen LogP contribution in [0.3, 0.4) is 0 Å². The highest BCUT2D eigenvalue weighted by atomic mass is 35.5. The molecule has 1 aromatic rings. The van der Waals surface area contributed by atoms with Crippen LogP contribution in [0.2, 0.25) is 5.02 Å². The Bertz CT molecular complexity index is 473. The zero-order chi connectivity index (χ0) is 14.6. The largest absolute Gasteiger partial charge is 0.354 e. The van der Waals surface area contributed by atoms with Crippen LogP contribution in [0.4, 0.5) is 0 Å². The summed E-state index contributed by atoms with van der Waals surface area (Å²) in [5.74, 6) is 0.853. The SMILES string of the molecule is CC(C)(CNC(=O)CNCC1CC1)c1cccc(Cl)c1.Cl. The molecule has 2 N–H and O–H groups in total. The van der Waals surface area contributed by atoms with E-state index in [2.05, 4.69) is 24.5 Å². The first-order valence-corrected chi connectivity index (χ1v) is 7.58. The minimum absolute atomic E-state index is 0. The van der Waals surface area contributed by atoms with Crippen LogP contribution in [-0.2, 0) is 10.2 Å². The lowest BCUT2D eigenvalue weighted by molar-refractivity contribution is -0.120. The van der Waals surface area contributed by atoms with Gasteiger partial charge in [-0.25, -0.2) is 0 Å². The summed E-state index contributed by atoms with van der Waals surface area (Å²) in [6, 6.07) is 7.81. The second-order valence-electron chi connectivity index (χ2n) is 6.25. The maximum absolute atomic E-state index is 11.8. The van der Waals surface area contributed by atoms with E-state index in [-0.39, 0.29) is 23.7 Å². The number of carbonyl (C=O) groups excluding carboxylic acids is 1. The van der Waals surface area contributed by atoms with E-state index >= 15 is 0 Å². The molecule has 3 nitrogen and oxygen atoms in total. The Morgan fingerprint density at radius 1 is 1.38 bits per heavy atom. The molecule has 2 rings (SSSR count). The number of carbonyl (C=O) groups is 1. The van der Waals surface area contributed by atoms with Crippen LogP contribution >= 0.6 is 24.0 Å². The number of halogens is 2. The monoisotopic (exact) mass is 330 g/mol. The van der Waals surface area contributed by atoms with Gasteiger partial charge in [0.05, 0.1) is 6.54 Å². The van der Waals surface area contributed by atoms with E-state index in [4.69, 9.17) is 11.6 Å². The number of rotatable bonds is 7. The summed E-state index contributed by atoms with van der Waals surface area (Å²) >= 11 is 6.02. The fourth-order valence-corrected chi connectivity index (χ4v) is 2.30. The molecule has 0 aliphatic heterocycles. The van der Waals surface area contributed by atoms with Crippen LogP contribution < -0.4 is 10.6 Å². The van der Waals surface area contributed by atoms with E-state index in [0.717, 1.165) is 23.0 Å². The molecule has 0 saturated heterocycles. The maximum atomic E-state index is 11.8. The molecule has 1 amide bonds. The van der Waals surface area contributed by atoms with Crippen molar-refractivity contribution in [2.75, 3.05) is 19.6 Å². The molecule has 0 aromatic heterocycles. The van der Waals surface area contributed by atoms with Crippen molar-refractivity contribution in [3.05, 3.63) is 34.9 Å². The molecule has 1 saturated carbocycles. The Morgan fingerprint density at radius 3 is 2.71 bits per heavy atom. The van der Waals surface area contributed by atoms with Crippen molar-refractivity contribution >= 4 is 29.9 Å². The van der Waals surface area contributed by atoms with E-state index < -0.39 is 0 Å². The van der Waals surface area contributed by atoms with Crippen molar-refractivity contribution in [1.29, 1.82) is 0 Å². The van der Waals surface area contributed by atoms with Gasteiger partial charge in [-0.1, -0.05) is 37.6 Å². The summed E-state index contributed by atoms with van der Waals surface area (Å²) in [6.45, 7) is 6.19. The zero-order valence-corrected chi connectivity index (χ0v) is 14.2. The van der Waals surface area contributed by atoms with Gasteiger partial charge in [-0.05, 0) is 43.0 Å². The molecule has 21 heavy (non-hydrogen) atoms. The fraction of sp³-hybridized carbons (Fsp3) is 0.562. The first-order chi connectivity index (χ1) is 9.47. The van der Waals surface area contributed by atoms with Gasteiger partial charge < -0.3 is 10.6 Å². The van der Waals surface area contributed by atoms with Crippen LogP contribution in [-0.4, -0.2) is 25.5 Å². The lowest BCUT2D eigenvalue weighted by Gasteiger charge is -2.26. The lowest BCUT2D eigenvalue weighted by atomic mass is 9.84. The van der Waals surface area contributed by atoms with Gasteiger partial charge in [-0.15, -0.1) is 12.4 Å². The molecule has 0 bridgehead atoms. The fourth-order valence-electron chi connectivity index (χ4n) is 2.11. The Kier molecular flexibility index (Phi) is 6.98. The molecule has 0 heterocycles. The van der Waals surface area contributed by atoms with E-state index in [1.807, 2.05) is 24.3 Å². The average Bonchev–Trinajstić information content (AvgIpc) is 3.21. The molecule has 1 fully saturated rings. The molecule has 1 aliphatic carbocycles. The molecule has 118 valence electrons. The average molecular weight is 331 g/mol. The topological polar surface area (TPSA) is 41.1 Å². The number of benzene rings is 1. The van der Waals surface area contributed by atoms with Crippen molar-refractivity contribution in [1.82, 2.24) is 10.6 Å². The molecule has 0 atom stereocenters. The van der Waals surface area contributed by atoms with Gasteiger partial charge in [-0.2, -0.15) is 0 Å². The third-order valence-electron chi connectivity index (χ3n) is 3.75. The molecule has 1 aromatic carbocycles.